The van der Waals surface area contributed by atoms with E-state index in [2.05, 4.69) is 32.6 Å². The second kappa shape index (κ2) is 11.0. The van der Waals surface area contributed by atoms with Gasteiger partial charge >= 0.3 is 0 Å². The highest BCUT2D eigenvalue weighted by Crippen LogP contribution is 2.41. The summed E-state index contributed by atoms with van der Waals surface area (Å²) in [7, 11) is 0. The van der Waals surface area contributed by atoms with Gasteiger partial charge in [-0.2, -0.15) is 0 Å². The standard InChI is InChI=1S/C26H34N2O4S/c1-6-27(7-2)12-13-28-23(21-9-8-14-33-21)22(25(30)26(28)31)24(29)19-10-11-20(18(5)15-19)32-16-17(3)4/h8-11,14-15,17,23,29H,6-7,12-13,16H2,1-5H3/b24-22-. The smallest absolute Gasteiger partial charge is 0.295 e. The van der Waals surface area contributed by atoms with Crippen LogP contribution >= 0.6 is 11.3 Å². The summed E-state index contributed by atoms with van der Waals surface area (Å²) in [5.74, 6) is -0.195. The second-order valence-electron chi connectivity index (χ2n) is 8.72. The van der Waals surface area contributed by atoms with E-state index in [9.17, 15) is 14.7 Å². The fourth-order valence-corrected chi connectivity index (χ4v) is 4.86. The third kappa shape index (κ3) is 5.47. The summed E-state index contributed by atoms with van der Waals surface area (Å²) >= 11 is 1.48. The third-order valence-corrected chi connectivity index (χ3v) is 6.85. The zero-order chi connectivity index (χ0) is 24.1. The van der Waals surface area contributed by atoms with Gasteiger partial charge in [0, 0.05) is 23.5 Å². The molecular weight excluding hydrogens is 436 g/mol. The molecule has 0 bridgehead atoms. The molecule has 1 atom stereocenters. The molecule has 1 aliphatic rings. The van der Waals surface area contributed by atoms with Crippen LogP contribution in [0.4, 0.5) is 0 Å². The van der Waals surface area contributed by atoms with E-state index in [0.29, 0.717) is 31.2 Å². The Morgan fingerprint density at radius 2 is 1.94 bits per heavy atom. The van der Waals surface area contributed by atoms with E-state index < -0.39 is 17.7 Å². The summed E-state index contributed by atoms with van der Waals surface area (Å²) in [6.07, 6.45) is 0. The van der Waals surface area contributed by atoms with Crippen molar-refractivity contribution >= 4 is 28.8 Å². The lowest BCUT2D eigenvalue weighted by Crippen LogP contribution is -2.37. The number of aliphatic hydroxyl groups is 1. The summed E-state index contributed by atoms with van der Waals surface area (Å²) in [5, 5.41) is 13.2. The topological polar surface area (TPSA) is 70.1 Å². The highest BCUT2D eigenvalue weighted by atomic mass is 32.1. The van der Waals surface area contributed by atoms with Gasteiger partial charge in [-0.1, -0.05) is 33.8 Å². The van der Waals surface area contributed by atoms with Crippen molar-refractivity contribution in [1.29, 1.82) is 0 Å². The van der Waals surface area contributed by atoms with Crippen LogP contribution in [0, 0.1) is 12.8 Å². The van der Waals surface area contributed by atoms with Crippen LogP contribution in [-0.2, 0) is 9.59 Å². The zero-order valence-corrected chi connectivity index (χ0v) is 20.9. The molecule has 3 rings (SSSR count). The first-order valence-electron chi connectivity index (χ1n) is 11.6. The number of benzene rings is 1. The van der Waals surface area contributed by atoms with Gasteiger partial charge in [-0.15, -0.1) is 11.3 Å². The van der Waals surface area contributed by atoms with E-state index in [1.54, 1.807) is 17.0 Å². The van der Waals surface area contributed by atoms with Crippen LogP contribution in [0.5, 0.6) is 5.75 Å². The number of ether oxygens (including phenoxy) is 1. The Kier molecular flexibility index (Phi) is 8.32. The molecule has 1 aromatic carbocycles. The van der Waals surface area contributed by atoms with Gasteiger partial charge in [-0.3, -0.25) is 9.59 Å². The van der Waals surface area contributed by atoms with Gasteiger partial charge in [-0.25, -0.2) is 0 Å². The quantitative estimate of drug-likeness (QED) is 0.305. The van der Waals surface area contributed by atoms with E-state index in [-0.39, 0.29) is 11.3 Å². The van der Waals surface area contributed by atoms with Gasteiger partial charge in [0.1, 0.15) is 11.5 Å². The van der Waals surface area contributed by atoms with Crippen molar-refractivity contribution in [3.63, 3.8) is 0 Å². The molecule has 33 heavy (non-hydrogen) atoms. The van der Waals surface area contributed by atoms with E-state index in [4.69, 9.17) is 4.74 Å². The molecule has 1 aromatic heterocycles. The average Bonchev–Trinajstić information content (AvgIpc) is 3.40. The molecule has 7 heteroatoms. The first kappa shape index (κ1) is 25.0. The lowest BCUT2D eigenvalue weighted by atomic mass is 9.98. The molecule has 0 saturated carbocycles. The van der Waals surface area contributed by atoms with Crippen molar-refractivity contribution in [3.05, 3.63) is 57.3 Å². The monoisotopic (exact) mass is 470 g/mol. The summed E-state index contributed by atoms with van der Waals surface area (Å²) in [6.45, 7) is 13.7. The summed E-state index contributed by atoms with van der Waals surface area (Å²) in [4.78, 5) is 30.8. The maximum atomic E-state index is 13.1. The number of rotatable bonds is 10. The molecule has 6 nitrogen and oxygen atoms in total. The maximum absolute atomic E-state index is 13.1. The fourth-order valence-electron chi connectivity index (χ4n) is 4.01. The maximum Gasteiger partial charge on any atom is 0.295 e. The number of ketones is 1. The van der Waals surface area contributed by atoms with Gasteiger partial charge in [-0.05, 0) is 61.1 Å². The predicted octanol–water partition coefficient (Wildman–Crippen LogP) is 4.85. The molecule has 0 spiro atoms. The predicted molar refractivity (Wildman–Crippen MR) is 133 cm³/mol. The van der Waals surface area contributed by atoms with E-state index in [1.165, 1.54) is 11.3 Å². The summed E-state index contributed by atoms with van der Waals surface area (Å²) in [6, 6.07) is 8.58. The molecule has 0 aliphatic carbocycles. The normalized spacial score (nSPS) is 18.0. The van der Waals surface area contributed by atoms with Crippen molar-refractivity contribution in [3.8, 4) is 5.75 Å². The lowest BCUT2D eigenvalue weighted by Gasteiger charge is -2.27. The zero-order valence-electron chi connectivity index (χ0n) is 20.1. The number of nitrogens with zero attached hydrogens (tertiary/aromatic N) is 2. The van der Waals surface area contributed by atoms with E-state index in [1.807, 2.05) is 30.5 Å². The summed E-state index contributed by atoms with van der Waals surface area (Å²) < 4.78 is 5.84. The Bertz CT molecular complexity index is 1010. The van der Waals surface area contributed by atoms with Crippen molar-refractivity contribution in [2.45, 2.75) is 40.7 Å². The number of carbonyl (C=O) groups is 2. The molecule has 1 fully saturated rings. The Labute approximate surface area is 200 Å². The van der Waals surface area contributed by atoms with Gasteiger partial charge in [0.15, 0.2) is 0 Å². The van der Waals surface area contributed by atoms with E-state index in [0.717, 1.165) is 29.3 Å². The number of Topliss-reactive ketones (excluding diaryl/α,β-unsaturated/α-hetero) is 1. The molecule has 0 radical (unpaired) electrons. The van der Waals surface area contributed by atoms with E-state index >= 15 is 0 Å². The van der Waals surface area contributed by atoms with Crippen molar-refractivity contribution in [1.82, 2.24) is 9.80 Å². The Morgan fingerprint density at radius 3 is 2.52 bits per heavy atom. The first-order valence-corrected chi connectivity index (χ1v) is 12.4. The van der Waals surface area contributed by atoms with Gasteiger partial charge < -0.3 is 19.6 Å². The largest absolute Gasteiger partial charge is 0.507 e. The van der Waals surface area contributed by atoms with Crippen molar-refractivity contribution < 1.29 is 19.4 Å². The molecule has 1 saturated heterocycles. The van der Waals surface area contributed by atoms with Crippen LogP contribution in [-0.4, -0.2) is 59.4 Å². The first-order chi connectivity index (χ1) is 15.8. The van der Waals surface area contributed by atoms with Crippen molar-refractivity contribution in [2.75, 3.05) is 32.8 Å². The molecule has 1 unspecified atom stereocenters. The second-order valence-corrected chi connectivity index (χ2v) is 9.70. The number of likely N-dealkylation sites (N-methyl/N-ethyl adjacent to an activating group) is 1. The molecule has 2 heterocycles. The van der Waals surface area contributed by atoms with Gasteiger partial charge in [0.2, 0.25) is 0 Å². The fraction of sp³-hybridized carbons (Fsp3) is 0.462. The third-order valence-electron chi connectivity index (χ3n) is 5.92. The molecule has 178 valence electrons. The van der Waals surface area contributed by atoms with Crippen molar-refractivity contribution in [2.24, 2.45) is 5.92 Å². The van der Waals surface area contributed by atoms with Gasteiger partial charge in [0.05, 0.1) is 18.2 Å². The lowest BCUT2D eigenvalue weighted by molar-refractivity contribution is -0.140. The Hall–Kier alpha value is -2.64. The van der Waals surface area contributed by atoms with Crippen LogP contribution in [0.25, 0.3) is 5.76 Å². The van der Waals surface area contributed by atoms with Crippen LogP contribution in [0.2, 0.25) is 0 Å². The van der Waals surface area contributed by atoms with Crippen LogP contribution in [0.15, 0.2) is 41.3 Å². The Morgan fingerprint density at radius 1 is 1.21 bits per heavy atom. The SMILES string of the molecule is CCN(CC)CCN1C(=O)C(=O)/C(=C(\O)c2ccc(OCC(C)C)c(C)c2)C1c1cccs1. The van der Waals surface area contributed by atoms with Crippen LogP contribution < -0.4 is 4.74 Å². The number of hydrogen-bond donors (Lipinski definition) is 1. The number of aryl methyl sites for hydroxylation is 1. The highest BCUT2D eigenvalue weighted by molar-refractivity contribution is 7.10. The minimum atomic E-state index is -0.636. The number of likely N-dealkylation sites (tertiary alicyclic amines) is 1. The number of aliphatic hydroxyl groups excluding tert-OH is 1. The molecule has 1 N–H and O–H groups in total. The Balaban J connectivity index is 1.99. The minimum absolute atomic E-state index is 0.143. The highest BCUT2D eigenvalue weighted by Gasteiger charge is 2.46. The average molecular weight is 471 g/mol. The minimum Gasteiger partial charge on any atom is -0.507 e. The summed E-state index contributed by atoms with van der Waals surface area (Å²) in [5.41, 5.74) is 1.52. The number of thiophene rings is 1. The molecule has 2 aromatic rings. The molecule has 1 aliphatic heterocycles. The number of hydrogen-bond acceptors (Lipinski definition) is 6. The van der Waals surface area contributed by atoms with Crippen LogP contribution in [0.1, 0.15) is 49.7 Å². The van der Waals surface area contributed by atoms with Gasteiger partial charge in [0.25, 0.3) is 11.7 Å². The molecule has 1 amide bonds. The van der Waals surface area contributed by atoms with Crippen LogP contribution in [0.3, 0.4) is 0 Å². The molecular formula is C26H34N2O4S. The number of amides is 1. The number of carbonyl (C=O) groups excluding carboxylic acids is 2.